The third-order valence-electron chi connectivity index (χ3n) is 4.83. The highest BCUT2D eigenvalue weighted by Crippen LogP contribution is 2.30. The molecular formula is C20H26ClN5O3. The molecule has 4 N–H and O–H groups in total. The molecule has 8 nitrogen and oxygen atoms in total. The maximum atomic E-state index is 12.7. The number of nitriles is 1. The smallest absolute Gasteiger partial charge is 0.253 e. The Morgan fingerprint density at radius 3 is 2.72 bits per heavy atom. The molecule has 1 aliphatic heterocycles. The highest BCUT2D eigenvalue weighted by atomic mass is 35.5. The highest BCUT2D eigenvalue weighted by molar-refractivity contribution is 6.32. The van der Waals surface area contributed by atoms with Gasteiger partial charge >= 0.3 is 0 Å². The quantitative estimate of drug-likeness (QED) is 0.568. The van der Waals surface area contributed by atoms with Crippen LogP contribution in [0.4, 0.5) is 0 Å². The molecule has 9 heteroatoms. The first-order chi connectivity index (χ1) is 13.8. The van der Waals surface area contributed by atoms with Crippen LogP contribution in [0.3, 0.4) is 0 Å². The molecular weight excluding hydrogens is 394 g/mol. The summed E-state index contributed by atoms with van der Waals surface area (Å²) in [5.41, 5.74) is 1.05. The van der Waals surface area contributed by atoms with E-state index in [0.29, 0.717) is 28.4 Å². The molecule has 1 saturated heterocycles. The van der Waals surface area contributed by atoms with Gasteiger partial charge in [-0.05, 0) is 32.9 Å². The summed E-state index contributed by atoms with van der Waals surface area (Å²) < 4.78 is 11.0. The van der Waals surface area contributed by atoms with Gasteiger partial charge in [-0.1, -0.05) is 11.6 Å². The second-order valence-corrected chi connectivity index (χ2v) is 7.79. The number of aromatic nitrogens is 1. The van der Waals surface area contributed by atoms with Crippen molar-refractivity contribution in [2.24, 2.45) is 5.92 Å². The summed E-state index contributed by atoms with van der Waals surface area (Å²) in [6.07, 6.45) is -0.716. The van der Waals surface area contributed by atoms with Crippen LogP contribution in [-0.4, -0.2) is 37.3 Å². The van der Waals surface area contributed by atoms with Crippen LogP contribution in [0.5, 0.6) is 5.75 Å². The van der Waals surface area contributed by atoms with Crippen LogP contribution in [0.1, 0.15) is 32.4 Å². The number of nitrogens with zero attached hydrogens (tertiary/aromatic N) is 1. The summed E-state index contributed by atoms with van der Waals surface area (Å²) in [6, 6.07) is 7.30. The van der Waals surface area contributed by atoms with Crippen molar-refractivity contribution in [2.45, 2.75) is 45.4 Å². The number of hydrogen-bond acceptors (Lipinski definition) is 7. The third kappa shape index (κ3) is 4.89. The lowest BCUT2D eigenvalue weighted by Gasteiger charge is -2.36. The maximum Gasteiger partial charge on any atom is 0.253 e. The number of rotatable bonds is 6. The minimum atomic E-state index is -0.390. The van der Waals surface area contributed by atoms with Gasteiger partial charge in [-0.3, -0.25) is 20.7 Å². The molecule has 0 aliphatic carbocycles. The fourth-order valence-corrected chi connectivity index (χ4v) is 3.59. The Kier molecular flexibility index (Phi) is 6.77. The topological polar surface area (TPSA) is 111 Å². The summed E-state index contributed by atoms with van der Waals surface area (Å²) in [6.45, 7) is 6.21. The van der Waals surface area contributed by atoms with Gasteiger partial charge in [0.25, 0.3) is 5.56 Å². The van der Waals surface area contributed by atoms with Crippen molar-refractivity contribution >= 4 is 22.5 Å². The average Bonchev–Trinajstić information content (AvgIpc) is 2.68. The zero-order valence-electron chi connectivity index (χ0n) is 16.9. The van der Waals surface area contributed by atoms with Crippen LogP contribution < -0.4 is 26.2 Å². The number of benzene rings is 1. The minimum Gasteiger partial charge on any atom is -0.489 e. The zero-order chi connectivity index (χ0) is 21.1. The second kappa shape index (κ2) is 9.11. The standard InChI is InChI=1S/C20H26ClN5O3/c1-10(2)29-17-7-16-12(6-15(17)21)5-14(18(27)25-16)11(3)24-20-23-9-13(8-22)19(26-20)28-4/h5-7,10-11,13,19-20,23-24,26H,9H2,1-4H3,(H,25,27)/t11-,13?,19?,20?/m0/s1. The number of ether oxygens (including phenoxy) is 2. The van der Waals surface area contributed by atoms with Gasteiger partial charge < -0.3 is 14.5 Å². The molecule has 1 aliphatic rings. The molecule has 2 heterocycles. The van der Waals surface area contributed by atoms with Crippen molar-refractivity contribution in [3.8, 4) is 11.8 Å². The normalized spacial score (nSPS) is 23.1. The van der Waals surface area contributed by atoms with Gasteiger partial charge in [0.15, 0.2) is 0 Å². The number of pyridine rings is 1. The van der Waals surface area contributed by atoms with Crippen molar-refractivity contribution < 1.29 is 9.47 Å². The second-order valence-electron chi connectivity index (χ2n) is 7.38. The van der Waals surface area contributed by atoms with E-state index in [1.807, 2.05) is 26.8 Å². The van der Waals surface area contributed by atoms with Crippen molar-refractivity contribution in [3.05, 3.63) is 39.1 Å². The molecule has 0 bridgehead atoms. The summed E-state index contributed by atoms with van der Waals surface area (Å²) in [7, 11) is 1.56. The summed E-state index contributed by atoms with van der Waals surface area (Å²) >= 11 is 6.34. The Labute approximate surface area is 174 Å². The van der Waals surface area contributed by atoms with Crippen LogP contribution in [-0.2, 0) is 4.74 Å². The molecule has 2 aromatic rings. The number of methoxy groups -OCH3 is 1. The summed E-state index contributed by atoms with van der Waals surface area (Å²) in [4.78, 5) is 15.6. The van der Waals surface area contributed by atoms with E-state index in [4.69, 9.17) is 21.1 Å². The molecule has 0 spiro atoms. The number of halogens is 1. The highest BCUT2D eigenvalue weighted by Gasteiger charge is 2.30. The Bertz CT molecular complexity index is 971. The molecule has 156 valence electrons. The zero-order valence-corrected chi connectivity index (χ0v) is 17.6. The van der Waals surface area contributed by atoms with E-state index in [-0.39, 0.29) is 36.1 Å². The fourth-order valence-electron chi connectivity index (χ4n) is 3.37. The number of aromatic amines is 1. The van der Waals surface area contributed by atoms with Crippen molar-refractivity contribution in [1.82, 2.24) is 20.9 Å². The Balaban J connectivity index is 1.81. The Morgan fingerprint density at radius 2 is 2.07 bits per heavy atom. The van der Waals surface area contributed by atoms with E-state index in [9.17, 15) is 10.1 Å². The first kappa shape index (κ1) is 21.6. The van der Waals surface area contributed by atoms with Crippen LogP contribution in [0, 0.1) is 17.2 Å². The average molecular weight is 420 g/mol. The largest absolute Gasteiger partial charge is 0.489 e. The van der Waals surface area contributed by atoms with Gasteiger partial charge in [-0.2, -0.15) is 5.26 Å². The summed E-state index contributed by atoms with van der Waals surface area (Å²) in [5, 5.41) is 20.2. The Hall–Kier alpha value is -2.15. The number of fused-ring (bicyclic) bond motifs is 1. The molecule has 3 rings (SSSR count). The number of H-pyrrole nitrogens is 1. The summed E-state index contributed by atoms with van der Waals surface area (Å²) in [5.74, 6) is 0.249. The van der Waals surface area contributed by atoms with E-state index < -0.39 is 0 Å². The Morgan fingerprint density at radius 1 is 1.31 bits per heavy atom. The third-order valence-corrected chi connectivity index (χ3v) is 5.12. The molecule has 1 aromatic carbocycles. The van der Waals surface area contributed by atoms with Crippen LogP contribution in [0.15, 0.2) is 23.0 Å². The van der Waals surface area contributed by atoms with Crippen molar-refractivity contribution in [1.29, 1.82) is 5.26 Å². The first-order valence-electron chi connectivity index (χ1n) is 9.53. The molecule has 0 amide bonds. The molecule has 29 heavy (non-hydrogen) atoms. The van der Waals surface area contributed by atoms with Crippen LogP contribution in [0.2, 0.25) is 5.02 Å². The van der Waals surface area contributed by atoms with Crippen LogP contribution >= 0.6 is 11.6 Å². The SMILES string of the molecule is COC1NC(N[C@@H](C)c2cc3cc(Cl)c(OC(C)C)cc3[nH]c2=O)NCC1C#N. The number of nitrogens with one attached hydrogen (secondary N) is 4. The van der Waals surface area contributed by atoms with Gasteiger partial charge in [0.2, 0.25) is 0 Å². The lowest BCUT2D eigenvalue weighted by atomic mass is 10.1. The predicted molar refractivity (Wildman–Crippen MR) is 112 cm³/mol. The first-order valence-corrected chi connectivity index (χ1v) is 9.91. The van der Waals surface area contributed by atoms with Crippen LogP contribution in [0.25, 0.3) is 10.9 Å². The molecule has 0 saturated carbocycles. The monoisotopic (exact) mass is 419 g/mol. The predicted octanol–water partition coefficient (Wildman–Crippen LogP) is 2.21. The molecule has 1 fully saturated rings. The lowest BCUT2D eigenvalue weighted by Crippen LogP contribution is -2.64. The minimum absolute atomic E-state index is 0.0211. The van der Waals surface area contributed by atoms with Gasteiger partial charge in [0.1, 0.15) is 18.3 Å². The van der Waals surface area contributed by atoms with Gasteiger partial charge in [-0.15, -0.1) is 0 Å². The molecule has 3 unspecified atom stereocenters. The van der Waals surface area contributed by atoms with E-state index in [0.717, 1.165) is 5.39 Å². The molecule has 4 atom stereocenters. The van der Waals surface area contributed by atoms with Gasteiger partial charge in [0.05, 0.1) is 28.6 Å². The lowest BCUT2D eigenvalue weighted by molar-refractivity contribution is 0.000947. The van der Waals surface area contributed by atoms with Gasteiger partial charge in [-0.25, -0.2) is 0 Å². The number of hydrogen-bond donors (Lipinski definition) is 4. The van der Waals surface area contributed by atoms with E-state index in [1.165, 1.54) is 0 Å². The van der Waals surface area contributed by atoms with Crippen molar-refractivity contribution in [3.63, 3.8) is 0 Å². The van der Waals surface area contributed by atoms with E-state index in [1.54, 1.807) is 19.2 Å². The fraction of sp³-hybridized carbons (Fsp3) is 0.500. The maximum absolute atomic E-state index is 12.7. The molecule has 1 aromatic heterocycles. The van der Waals surface area contributed by atoms with E-state index in [2.05, 4.69) is 27.0 Å². The van der Waals surface area contributed by atoms with E-state index >= 15 is 0 Å². The van der Waals surface area contributed by atoms with Crippen molar-refractivity contribution in [2.75, 3.05) is 13.7 Å². The van der Waals surface area contributed by atoms with Gasteiger partial charge in [0, 0.05) is 36.7 Å². The molecule has 0 radical (unpaired) electrons.